The van der Waals surface area contributed by atoms with Gasteiger partial charge in [-0.05, 0) is 19.3 Å². The number of aliphatic hydroxyl groups is 2. The molecule has 0 aromatic carbocycles. The van der Waals surface area contributed by atoms with Gasteiger partial charge >= 0.3 is 0 Å². The fourth-order valence-electron chi connectivity index (χ4n) is 1.44. The zero-order chi connectivity index (χ0) is 9.35. The van der Waals surface area contributed by atoms with Crippen molar-refractivity contribution in [2.75, 3.05) is 0 Å². The van der Waals surface area contributed by atoms with Crippen LogP contribution in [0.2, 0.25) is 0 Å². The van der Waals surface area contributed by atoms with Crippen molar-refractivity contribution in [2.45, 2.75) is 36.7 Å². The molecular formula is C6H12O5S. The summed E-state index contributed by atoms with van der Waals surface area (Å²) in [6.45, 7) is 0. The van der Waals surface area contributed by atoms with Gasteiger partial charge in [0.2, 0.25) is 0 Å². The second-order valence-electron chi connectivity index (χ2n) is 3.04. The highest BCUT2D eigenvalue weighted by Gasteiger charge is 2.38. The Labute approximate surface area is 70.8 Å². The lowest BCUT2D eigenvalue weighted by atomic mass is 9.94. The third-order valence-electron chi connectivity index (χ3n) is 2.15. The summed E-state index contributed by atoms with van der Waals surface area (Å²) in [7, 11) is -4.22. The summed E-state index contributed by atoms with van der Waals surface area (Å²) in [6, 6.07) is 0. The quantitative estimate of drug-likeness (QED) is 0.475. The van der Waals surface area contributed by atoms with Gasteiger partial charge in [-0.1, -0.05) is 0 Å². The third-order valence-corrected chi connectivity index (χ3v) is 3.43. The lowest BCUT2D eigenvalue weighted by molar-refractivity contribution is -0.00742. The van der Waals surface area contributed by atoms with Crippen LogP contribution in [0.1, 0.15) is 19.3 Å². The van der Waals surface area contributed by atoms with Gasteiger partial charge in [0, 0.05) is 0 Å². The molecule has 0 spiro atoms. The summed E-state index contributed by atoms with van der Waals surface area (Å²) in [5, 5.41) is 17.0. The van der Waals surface area contributed by atoms with Gasteiger partial charge in [0.05, 0.1) is 12.2 Å². The van der Waals surface area contributed by atoms with E-state index >= 15 is 0 Å². The first kappa shape index (κ1) is 9.91. The van der Waals surface area contributed by atoms with Crippen molar-refractivity contribution in [3.05, 3.63) is 0 Å². The molecule has 1 aliphatic rings. The van der Waals surface area contributed by atoms with Crippen molar-refractivity contribution < 1.29 is 23.2 Å². The average Bonchev–Trinajstić information content (AvgIpc) is 1.92. The van der Waals surface area contributed by atoms with Crippen LogP contribution in [-0.2, 0) is 10.1 Å². The molecular weight excluding hydrogens is 184 g/mol. The summed E-state index contributed by atoms with van der Waals surface area (Å²) < 4.78 is 29.9. The lowest BCUT2D eigenvalue weighted by Gasteiger charge is -2.29. The normalized spacial score (nSPS) is 38.1. The van der Waals surface area contributed by atoms with E-state index in [1.807, 2.05) is 0 Å². The van der Waals surface area contributed by atoms with Crippen LogP contribution >= 0.6 is 0 Å². The van der Waals surface area contributed by atoms with Gasteiger partial charge in [0.1, 0.15) is 5.25 Å². The minimum absolute atomic E-state index is 0.205. The smallest absolute Gasteiger partial charge is 0.270 e. The zero-order valence-corrected chi connectivity index (χ0v) is 7.24. The number of aliphatic hydroxyl groups excluding tert-OH is 2. The molecule has 1 saturated carbocycles. The largest absolute Gasteiger partial charge is 0.390 e. The van der Waals surface area contributed by atoms with Gasteiger partial charge in [-0.25, -0.2) is 0 Å². The number of rotatable bonds is 1. The lowest BCUT2D eigenvalue weighted by Crippen LogP contribution is -2.45. The van der Waals surface area contributed by atoms with Crippen LogP contribution in [0.15, 0.2) is 0 Å². The highest BCUT2D eigenvalue weighted by molar-refractivity contribution is 7.86. The second-order valence-corrected chi connectivity index (χ2v) is 4.68. The fraction of sp³-hybridized carbons (Fsp3) is 1.00. The van der Waals surface area contributed by atoms with Crippen molar-refractivity contribution in [3.63, 3.8) is 0 Å². The predicted molar refractivity (Wildman–Crippen MR) is 41.2 cm³/mol. The molecule has 0 aliphatic heterocycles. The topological polar surface area (TPSA) is 94.8 Å². The van der Waals surface area contributed by atoms with Crippen LogP contribution in [0.5, 0.6) is 0 Å². The van der Waals surface area contributed by atoms with Gasteiger partial charge in [0.25, 0.3) is 10.1 Å². The van der Waals surface area contributed by atoms with Gasteiger partial charge in [-0.3, -0.25) is 4.55 Å². The van der Waals surface area contributed by atoms with E-state index in [0.29, 0.717) is 12.8 Å². The van der Waals surface area contributed by atoms with Crippen molar-refractivity contribution >= 4 is 10.1 Å². The van der Waals surface area contributed by atoms with Crippen molar-refractivity contribution in [1.82, 2.24) is 0 Å². The molecule has 0 amide bonds. The first-order chi connectivity index (χ1) is 5.43. The molecule has 3 atom stereocenters. The van der Waals surface area contributed by atoms with E-state index in [1.165, 1.54) is 0 Å². The highest BCUT2D eigenvalue weighted by atomic mass is 32.2. The first-order valence-electron chi connectivity index (χ1n) is 3.75. The van der Waals surface area contributed by atoms with E-state index in [4.69, 9.17) is 9.66 Å². The van der Waals surface area contributed by atoms with Crippen LogP contribution in [0.3, 0.4) is 0 Å². The van der Waals surface area contributed by atoms with E-state index in [2.05, 4.69) is 0 Å². The summed E-state index contributed by atoms with van der Waals surface area (Å²) >= 11 is 0. The number of hydrogen-bond donors (Lipinski definition) is 3. The van der Waals surface area contributed by atoms with Gasteiger partial charge in [-0.15, -0.1) is 0 Å². The maximum Gasteiger partial charge on any atom is 0.270 e. The van der Waals surface area contributed by atoms with Crippen LogP contribution in [0.4, 0.5) is 0 Å². The summed E-state index contributed by atoms with van der Waals surface area (Å²) in [5.41, 5.74) is 0. The molecule has 0 aromatic heterocycles. The molecule has 12 heavy (non-hydrogen) atoms. The molecule has 0 heterocycles. The molecule has 1 fully saturated rings. The number of hydrogen-bond acceptors (Lipinski definition) is 4. The second kappa shape index (κ2) is 3.29. The van der Waals surface area contributed by atoms with Crippen molar-refractivity contribution in [2.24, 2.45) is 0 Å². The Kier molecular flexibility index (Phi) is 2.72. The third kappa shape index (κ3) is 1.95. The van der Waals surface area contributed by atoms with Gasteiger partial charge in [0.15, 0.2) is 0 Å². The monoisotopic (exact) mass is 196 g/mol. The molecule has 0 aromatic rings. The predicted octanol–water partition coefficient (Wildman–Crippen LogP) is -0.851. The van der Waals surface area contributed by atoms with Crippen molar-refractivity contribution in [3.8, 4) is 0 Å². The van der Waals surface area contributed by atoms with Crippen LogP contribution < -0.4 is 0 Å². The Morgan fingerprint density at radius 3 is 2.17 bits per heavy atom. The van der Waals surface area contributed by atoms with Crippen LogP contribution in [0.25, 0.3) is 0 Å². The minimum Gasteiger partial charge on any atom is -0.390 e. The van der Waals surface area contributed by atoms with Crippen LogP contribution in [-0.4, -0.2) is 40.6 Å². The van der Waals surface area contributed by atoms with Gasteiger partial charge < -0.3 is 10.2 Å². The average molecular weight is 196 g/mol. The Morgan fingerprint density at radius 1 is 1.17 bits per heavy atom. The summed E-state index contributed by atoms with van der Waals surface area (Å²) in [4.78, 5) is 0. The summed E-state index contributed by atoms with van der Waals surface area (Å²) in [6.07, 6.45) is -1.30. The Bertz CT molecular complexity index is 247. The first-order valence-corrected chi connectivity index (χ1v) is 5.25. The molecule has 3 N–H and O–H groups in total. The van der Waals surface area contributed by atoms with E-state index in [0.717, 1.165) is 0 Å². The minimum atomic E-state index is -4.22. The van der Waals surface area contributed by atoms with Crippen LogP contribution in [0, 0.1) is 0 Å². The fourth-order valence-corrected chi connectivity index (χ4v) is 2.44. The zero-order valence-electron chi connectivity index (χ0n) is 6.42. The van der Waals surface area contributed by atoms with Gasteiger partial charge in [-0.2, -0.15) is 8.42 Å². The maximum absolute atomic E-state index is 10.6. The van der Waals surface area contributed by atoms with E-state index in [-0.39, 0.29) is 6.42 Å². The molecule has 72 valence electrons. The molecule has 1 aliphatic carbocycles. The molecule has 3 unspecified atom stereocenters. The Hall–Kier alpha value is -0.170. The SMILES string of the molecule is O=S(=O)(O)C1CCCC(O)C1O. The standard InChI is InChI=1S/C6H12O5S/c7-4-2-1-3-5(6(4)8)12(9,10)11/h4-8H,1-3H2,(H,9,10,11). The van der Waals surface area contributed by atoms with Crippen molar-refractivity contribution in [1.29, 1.82) is 0 Å². The van der Waals surface area contributed by atoms with E-state index in [9.17, 15) is 13.5 Å². The molecule has 6 heteroatoms. The van der Waals surface area contributed by atoms with E-state index < -0.39 is 27.6 Å². The molecule has 0 saturated heterocycles. The van der Waals surface area contributed by atoms with E-state index in [1.54, 1.807) is 0 Å². The molecule has 5 nitrogen and oxygen atoms in total. The highest BCUT2D eigenvalue weighted by Crippen LogP contribution is 2.23. The molecule has 1 rings (SSSR count). The maximum atomic E-state index is 10.6. The molecule has 0 radical (unpaired) electrons. The molecule has 0 bridgehead atoms. The Morgan fingerprint density at radius 2 is 1.75 bits per heavy atom. The Balaban J connectivity index is 2.78. The summed E-state index contributed by atoms with van der Waals surface area (Å²) in [5.74, 6) is 0.